The zero-order valence-electron chi connectivity index (χ0n) is 19.3. The molecule has 2 rings (SSSR count). The first-order valence-corrected chi connectivity index (χ1v) is 10.9. The monoisotopic (exact) mass is 480 g/mol. The lowest BCUT2D eigenvalue weighted by Crippen LogP contribution is -2.40. The first kappa shape index (κ1) is 27.0. The Balaban J connectivity index is 2.28. The molecule has 184 valence electrons. The molecule has 0 heterocycles. The molecule has 1 atom stereocenters. The Hall–Kier alpha value is -4.20. The van der Waals surface area contributed by atoms with Gasteiger partial charge in [0.2, 0.25) is 0 Å². The summed E-state index contributed by atoms with van der Waals surface area (Å²) < 4.78 is 20.7. The van der Waals surface area contributed by atoms with Gasteiger partial charge in [-0.05, 0) is 11.1 Å². The number of benzene rings is 2. The second-order valence-electron chi connectivity index (χ2n) is 7.37. The molecule has 0 radical (unpaired) electrons. The Morgan fingerprint density at radius 3 is 1.57 bits per heavy atom. The highest BCUT2D eigenvalue weighted by Crippen LogP contribution is 2.24. The molecule has 8 heteroatoms. The maximum Gasteiger partial charge on any atom is 0.321 e. The molecule has 2 aromatic rings. The average molecular weight is 481 g/mol. The molecule has 0 aliphatic heterocycles. The minimum absolute atomic E-state index is 0.102. The fraction of sp³-hybridized carbons (Fsp3) is 0.259. The molecular formula is C27H28O8. The number of rotatable bonds is 14. The fourth-order valence-corrected chi connectivity index (χ4v) is 3.04. The predicted octanol–water partition coefficient (Wildman–Crippen LogP) is 3.55. The van der Waals surface area contributed by atoms with Crippen LogP contribution < -0.4 is 0 Å². The van der Waals surface area contributed by atoms with E-state index in [9.17, 15) is 19.2 Å². The lowest BCUT2D eigenvalue weighted by Gasteiger charge is -2.22. The minimum atomic E-state index is -1.75. The topological polar surface area (TPSA) is 105 Å². The highest BCUT2D eigenvalue weighted by atomic mass is 16.6. The van der Waals surface area contributed by atoms with Gasteiger partial charge >= 0.3 is 23.9 Å². The van der Waals surface area contributed by atoms with Crippen LogP contribution in [0.15, 0.2) is 86.0 Å². The summed E-state index contributed by atoms with van der Waals surface area (Å²) >= 11 is 0. The smallest absolute Gasteiger partial charge is 0.321 e. The SMILES string of the molecule is C=CCOC(=O)C[C@@H](C(=O)OCC=C)C(C(=O)OCc1ccccc1)C(=O)OCc1ccccc1. The molecule has 0 bridgehead atoms. The van der Waals surface area contributed by atoms with Crippen LogP contribution in [0, 0.1) is 11.8 Å². The van der Waals surface area contributed by atoms with Gasteiger partial charge in [0, 0.05) is 0 Å². The van der Waals surface area contributed by atoms with Crippen molar-refractivity contribution in [2.24, 2.45) is 11.8 Å². The van der Waals surface area contributed by atoms with E-state index >= 15 is 0 Å². The number of carbonyl (C=O) groups excluding carboxylic acids is 4. The van der Waals surface area contributed by atoms with E-state index in [0.717, 1.165) is 0 Å². The van der Waals surface area contributed by atoms with Gasteiger partial charge in [-0.15, -0.1) is 0 Å². The van der Waals surface area contributed by atoms with Gasteiger partial charge in [-0.25, -0.2) is 0 Å². The van der Waals surface area contributed by atoms with Crippen LogP contribution in [0.3, 0.4) is 0 Å². The van der Waals surface area contributed by atoms with Gasteiger partial charge in [0.05, 0.1) is 12.3 Å². The summed E-state index contributed by atoms with van der Waals surface area (Å²) in [4.78, 5) is 51.2. The molecule has 0 saturated heterocycles. The Morgan fingerprint density at radius 1 is 0.657 bits per heavy atom. The number of ether oxygens (including phenoxy) is 4. The summed E-state index contributed by atoms with van der Waals surface area (Å²) in [5.74, 6) is -7.11. The van der Waals surface area contributed by atoms with Gasteiger partial charge in [0.15, 0.2) is 5.92 Å². The maximum atomic E-state index is 13.1. The Bertz CT molecular complexity index is 945. The van der Waals surface area contributed by atoms with Crippen molar-refractivity contribution in [3.8, 4) is 0 Å². The fourth-order valence-electron chi connectivity index (χ4n) is 3.04. The normalized spacial score (nSPS) is 11.1. The summed E-state index contributed by atoms with van der Waals surface area (Å²) in [6, 6.07) is 17.6. The van der Waals surface area contributed by atoms with E-state index in [0.29, 0.717) is 11.1 Å². The van der Waals surface area contributed by atoms with Gasteiger partial charge in [0.25, 0.3) is 0 Å². The van der Waals surface area contributed by atoms with Gasteiger partial charge < -0.3 is 18.9 Å². The molecule has 0 amide bonds. The standard InChI is InChI=1S/C27H28O8/c1-3-15-32-23(28)17-22(25(29)33-16-4-2)24(26(30)34-18-20-11-7-5-8-12-20)27(31)35-19-21-13-9-6-10-14-21/h3-14,22,24H,1-2,15-19H2/t22-/m1/s1. The van der Waals surface area contributed by atoms with Crippen LogP contribution in [-0.2, 0) is 51.3 Å². The zero-order valence-corrected chi connectivity index (χ0v) is 19.3. The highest BCUT2D eigenvalue weighted by Gasteiger charge is 2.44. The summed E-state index contributed by atoms with van der Waals surface area (Å²) in [7, 11) is 0. The number of esters is 4. The molecule has 0 saturated carbocycles. The van der Waals surface area contributed by atoms with Crippen molar-refractivity contribution in [3.63, 3.8) is 0 Å². The maximum absolute atomic E-state index is 13.1. The summed E-state index contributed by atoms with van der Waals surface area (Å²) in [6.07, 6.45) is 2.07. The van der Waals surface area contributed by atoms with Crippen LogP contribution in [0.4, 0.5) is 0 Å². The van der Waals surface area contributed by atoms with E-state index in [-0.39, 0.29) is 26.4 Å². The highest BCUT2D eigenvalue weighted by molar-refractivity contribution is 6.00. The van der Waals surface area contributed by atoms with Crippen LogP contribution >= 0.6 is 0 Å². The summed E-state index contributed by atoms with van der Waals surface area (Å²) in [5, 5.41) is 0. The second-order valence-corrected chi connectivity index (χ2v) is 7.37. The molecule has 35 heavy (non-hydrogen) atoms. The molecule has 8 nitrogen and oxygen atoms in total. The van der Waals surface area contributed by atoms with Crippen LogP contribution in [0.25, 0.3) is 0 Å². The molecular weight excluding hydrogens is 452 g/mol. The van der Waals surface area contributed by atoms with Crippen LogP contribution in [0.1, 0.15) is 17.5 Å². The van der Waals surface area contributed by atoms with E-state index in [1.807, 2.05) is 0 Å². The van der Waals surface area contributed by atoms with Crippen molar-refractivity contribution >= 4 is 23.9 Å². The molecule has 0 N–H and O–H groups in total. The van der Waals surface area contributed by atoms with Crippen molar-refractivity contribution in [1.29, 1.82) is 0 Å². The van der Waals surface area contributed by atoms with E-state index in [4.69, 9.17) is 18.9 Å². The summed E-state index contributed by atoms with van der Waals surface area (Å²) in [6.45, 7) is 6.36. The molecule has 0 spiro atoms. The van der Waals surface area contributed by atoms with Crippen molar-refractivity contribution in [3.05, 3.63) is 97.1 Å². The van der Waals surface area contributed by atoms with E-state index in [1.54, 1.807) is 60.7 Å². The van der Waals surface area contributed by atoms with Crippen molar-refractivity contribution in [1.82, 2.24) is 0 Å². The van der Waals surface area contributed by atoms with Crippen LogP contribution in [0.2, 0.25) is 0 Å². The lowest BCUT2D eigenvalue weighted by atomic mass is 9.89. The number of hydrogen-bond donors (Lipinski definition) is 0. The molecule has 0 unspecified atom stereocenters. The molecule has 0 aliphatic carbocycles. The van der Waals surface area contributed by atoms with E-state index in [2.05, 4.69) is 13.2 Å². The lowest BCUT2D eigenvalue weighted by molar-refractivity contribution is -0.174. The van der Waals surface area contributed by atoms with E-state index < -0.39 is 42.1 Å². The van der Waals surface area contributed by atoms with Crippen molar-refractivity contribution in [2.45, 2.75) is 19.6 Å². The zero-order chi connectivity index (χ0) is 25.5. The number of carbonyl (C=O) groups is 4. The minimum Gasteiger partial charge on any atom is -0.461 e. The Labute approximate surface area is 204 Å². The van der Waals surface area contributed by atoms with Crippen LogP contribution in [-0.4, -0.2) is 37.1 Å². The predicted molar refractivity (Wildman–Crippen MR) is 126 cm³/mol. The van der Waals surface area contributed by atoms with Crippen LogP contribution in [0.5, 0.6) is 0 Å². The first-order chi connectivity index (χ1) is 17.0. The van der Waals surface area contributed by atoms with Crippen molar-refractivity contribution in [2.75, 3.05) is 13.2 Å². The molecule has 2 aromatic carbocycles. The van der Waals surface area contributed by atoms with Crippen molar-refractivity contribution < 1.29 is 38.1 Å². The van der Waals surface area contributed by atoms with Gasteiger partial charge in [-0.1, -0.05) is 86.0 Å². The van der Waals surface area contributed by atoms with Gasteiger partial charge in [-0.2, -0.15) is 0 Å². The molecule has 0 fully saturated rings. The quantitative estimate of drug-likeness (QED) is 0.175. The number of hydrogen-bond acceptors (Lipinski definition) is 8. The van der Waals surface area contributed by atoms with Gasteiger partial charge in [0.1, 0.15) is 26.4 Å². The molecule has 0 aromatic heterocycles. The largest absolute Gasteiger partial charge is 0.461 e. The molecule has 0 aliphatic rings. The Morgan fingerprint density at radius 2 is 1.11 bits per heavy atom. The first-order valence-electron chi connectivity index (χ1n) is 10.9. The summed E-state index contributed by atoms with van der Waals surface area (Å²) in [5.41, 5.74) is 1.35. The van der Waals surface area contributed by atoms with Gasteiger partial charge in [-0.3, -0.25) is 19.2 Å². The third-order valence-electron chi connectivity index (χ3n) is 4.75. The second kappa shape index (κ2) is 14.8. The Kier molecular flexibility index (Phi) is 11.5. The third kappa shape index (κ3) is 9.29. The average Bonchev–Trinajstić information content (AvgIpc) is 2.88. The van der Waals surface area contributed by atoms with E-state index in [1.165, 1.54) is 12.2 Å². The third-order valence-corrected chi connectivity index (χ3v) is 4.75.